The van der Waals surface area contributed by atoms with Gasteiger partial charge in [0.05, 0.1) is 18.3 Å². The number of sulfonamides is 2. The third-order valence-corrected chi connectivity index (χ3v) is 7.93. The van der Waals surface area contributed by atoms with Gasteiger partial charge in [-0.25, -0.2) is 22.3 Å². The van der Waals surface area contributed by atoms with Crippen molar-refractivity contribution in [3.8, 4) is 5.75 Å². The van der Waals surface area contributed by atoms with E-state index in [0.717, 1.165) is 14.9 Å². The number of piperazine rings is 1. The van der Waals surface area contributed by atoms with Crippen molar-refractivity contribution in [2.24, 2.45) is 5.92 Å². The summed E-state index contributed by atoms with van der Waals surface area (Å²) in [6.07, 6.45) is 1.43. The highest BCUT2D eigenvalue weighted by Gasteiger charge is 2.46. The van der Waals surface area contributed by atoms with Gasteiger partial charge in [0, 0.05) is 19.1 Å². The van der Waals surface area contributed by atoms with Crippen molar-refractivity contribution in [2.75, 3.05) is 26.5 Å². The highest BCUT2D eigenvalue weighted by atomic mass is 32.2. The lowest BCUT2D eigenvalue weighted by atomic mass is 10.0. The molecule has 1 amide bonds. The molecule has 0 aromatic heterocycles. The van der Waals surface area contributed by atoms with Crippen molar-refractivity contribution in [3.05, 3.63) is 24.3 Å². The van der Waals surface area contributed by atoms with Gasteiger partial charge in [-0.05, 0) is 36.6 Å². The first kappa shape index (κ1) is 23.5. The molecule has 0 bridgehead atoms. The number of rotatable bonds is 7. The number of hydrogen-bond donors (Lipinski definition) is 2. The van der Waals surface area contributed by atoms with E-state index >= 15 is 0 Å². The third-order valence-electron chi connectivity index (χ3n) is 4.75. The standard InChI is InChI=1S/C17H27N3O7S2/c1-12(2)9-13-10-20(16(17(21)18-22)11-19(13)28(4,23)24)29(25,26)15-7-5-14(27-3)6-8-15/h5-8,12-13,16,22H,9-11H2,1-4H3,(H,18,21)/t13-,16-/m1/s1. The van der Waals surface area contributed by atoms with Gasteiger partial charge in [-0.15, -0.1) is 0 Å². The van der Waals surface area contributed by atoms with Crippen molar-refractivity contribution in [1.29, 1.82) is 0 Å². The molecule has 1 fully saturated rings. The molecule has 0 radical (unpaired) electrons. The fraction of sp³-hybridized carbons (Fsp3) is 0.588. The fourth-order valence-electron chi connectivity index (χ4n) is 3.42. The van der Waals surface area contributed by atoms with Crippen LogP contribution in [0.25, 0.3) is 0 Å². The zero-order valence-electron chi connectivity index (χ0n) is 16.8. The summed E-state index contributed by atoms with van der Waals surface area (Å²) in [6, 6.07) is 3.61. The highest BCUT2D eigenvalue weighted by Crippen LogP contribution is 2.29. The van der Waals surface area contributed by atoms with Crippen LogP contribution in [0.1, 0.15) is 20.3 Å². The summed E-state index contributed by atoms with van der Waals surface area (Å²) in [5, 5.41) is 9.10. The Balaban J connectivity index is 2.51. The molecule has 1 saturated heterocycles. The van der Waals surface area contributed by atoms with E-state index in [1.54, 1.807) is 0 Å². The number of benzene rings is 1. The van der Waals surface area contributed by atoms with E-state index in [9.17, 15) is 21.6 Å². The molecule has 1 heterocycles. The number of hydrogen-bond acceptors (Lipinski definition) is 7. The Labute approximate surface area is 171 Å². The predicted octanol–water partition coefficient (Wildman–Crippen LogP) is 0.250. The van der Waals surface area contributed by atoms with Crippen molar-refractivity contribution >= 4 is 26.0 Å². The first-order valence-corrected chi connectivity index (χ1v) is 12.3. The number of nitrogens with zero attached hydrogens (tertiary/aromatic N) is 2. The van der Waals surface area contributed by atoms with Crippen LogP contribution in [-0.4, -0.2) is 75.1 Å². The maximum Gasteiger partial charge on any atom is 0.263 e. The van der Waals surface area contributed by atoms with E-state index in [2.05, 4.69) is 0 Å². The molecule has 2 atom stereocenters. The minimum absolute atomic E-state index is 0.0647. The second kappa shape index (κ2) is 8.96. The minimum Gasteiger partial charge on any atom is -0.497 e. The van der Waals surface area contributed by atoms with Gasteiger partial charge in [-0.1, -0.05) is 13.8 Å². The maximum absolute atomic E-state index is 13.3. The summed E-state index contributed by atoms with van der Waals surface area (Å²) in [5.74, 6) is -0.440. The lowest BCUT2D eigenvalue weighted by Gasteiger charge is -2.43. The van der Waals surface area contributed by atoms with Gasteiger partial charge in [-0.2, -0.15) is 8.61 Å². The Morgan fingerprint density at radius 1 is 1.17 bits per heavy atom. The molecule has 29 heavy (non-hydrogen) atoms. The molecule has 1 aliphatic heterocycles. The molecule has 0 saturated carbocycles. The molecule has 1 aromatic rings. The number of nitrogens with one attached hydrogen (secondary N) is 1. The van der Waals surface area contributed by atoms with E-state index in [1.807, 2.05) is 13.8 Å². The molecule has 2 N–H and O–H groups in total. The van der Waals surface area contributed by atoms with Crippen LogP contribution in [0.15, 0.2) is 29.2 Å². The molecule has 0 unspecified atom stereocenters. The zero-order chi connectivity index (χ0) is 22.0. The van der Waals surface area contributed by atoms with Gasteiger partial charge in [-0.3, -0.25) is 10.0 Å². The van der Waals surface area contributed by atoms with Crippen molar-refractivity contribution in [1.82, 2.24) is 14.1 Å². The smallest absolute Gasteiger partial charge is 0.263 e. The van der Waals surface area contributed by atoms with Gasteiger partial charge in [0.25, 0.3) is 5.91 Å². The van der Waals surface area contributed by atoms with Gasteiger partial charge in [0.1, 0.15) is 11.8 Å². The predicted molar refractivity (Wildman–Crippen MR) is 105 cm³/mol. The number of carbonyl (C=O) groups excluding carboxylic acids is 1. The lowest BCUT2D eigenvalue weighted by molar-refractivity contribution is -0.134. The number of ether oxygens (including phenoxy) is 1. The third kappa shape index (κ3) is 5.25. The van der Waals surface area contributed by atoms with Gasteiger partial charge in [0.15, 0.2) is 0 Å². The quantitative estimate of drug-likeness (QED) is 0.450. The van der Waals surface area contributed by atoms with Crippen molar-refractivity contribution in [2.45, 2.75) is 37.2 Å². The molecular formula is C17H27N3O7S2. The molecule has 12 heteroatoms. The number of hydroxylamine groups is 1. The largest absolute Gasteiger partial charge is 0.497 e. The van der Waals surface area contributed by atoms with E-state index in [0.29, 0.717) is 12.2 Å². The van der Waals surface area contributed by atoms with E-state index in [1.165, 1.54) is 36.9 Å². The van der Waals surface area contributed by atoms with Crippen LogP contribution in [0.5, 0.6) is 5.75 Å². The Morgan fingerprint density at radius 2 is 1.76 bits per heavy atom. The second-order valence-corrected chi connectivity index (χ2v) is 11.2. The fourth-order valence-corrected chi connectivity index (χ4v) is 6.14. The molecule has 2 rings (SSSR count). The van der Waals surface area contributed by atoms with E-state index in [-0.39, 0.29) is 17.4 Å². The molecule has 1 aliphatic rings. The normalized spacial score (nSPS) is 21.9. The van der Waals surface area contributed by atoms with Crippen molar-refractivity contribution in [3.63, 3.8) is 0 Å². The lowest BCUT2D eigenvalue weighted by Crippen LogP contribution is -2.64. The van der Waals surface area contributed by atoms with Gasteiger partial charge >= 0.3 is 0 Å². The first-order valence-electron chi connectivity index (χ1n) is 8.98. The molecule has 0 aliphatic carbocycles. The summed E-state index contributed by atoms with van der Waals surface area (Å²) < 4.78 is 58.2. The summed E-state index contributed by atoms with van der Waals surface area (Å²) in [4.78, 5) is 12.2. The van der Waals surface area contributed by atoms with Crippen LogP contribution in [0.3, 0.4) is 0 Å². The molecule has 1 aromatic carbocycles. The number of amides is 1. The molecule has 164 valence electrons. The van der Waals surface area contributed by atoms with Crippen LogP contribution in [0.2, 0.25) is 0 Å². The van der Waals surface area contributed by atoms with E-state index < -0.39 is 44.6 Å². The Kier molecular flexibility index (Phi) is 7.28. The summed E-state index contributed by atoms with van der Waals surface area (Å²) in [6.45, 7) is 3.19. The molecule has 0 spiro atoms. The summed E-state index contributed by atoms with van der Waals surface area (Å²) in [5.41, 5.74) is 1.45. The van der Waals surface area contributed by atoms with Crippen LogP contribution in [0.4, 0.5) is 0 Å². The Hall–Kier alpha value is -1.73. The minimum atomic E-state index is -4.14. The molecular weight excluding hydrogens is 422 g/mol. The number of methoxy groups -OCH3 is 1. The first-order chi connectivity index (χ1) is 13.4. The SMILES string of the molecule is COc1ccc(S(=O)(=O)N2C[C@@H](CC(C)C)N(S(C)(=O)=O)C[C@@H]2C(=O)NO)cc1. The van der Waals surface area contributed by atoms with E-state index in [4.69, 9.17) is 9.94 Å². The molecule has 10 nitrogen and oxygen atoms in total. The topological polar surface area (TPSA) is 133 Å². The van der Waals surface area contributed by atoms with Crippen LogP contribution >= 0.6 is 0 Å². The van der Waals surface area contributed by atoms with Gasteiger partial charge < -0.3 is 4.74 Å². The monoisotopic (exact) mass is 449 g/mol. The average molecular weight is 450 g/mol. The maximum atomic E-state index is 13.3. The Bertz CT molecular complexity index is 930. The average Bonchev–Trinajstić information content (AvgIpc) is 2.65. The number of carbonyl (C=O) groups is 1. The summed E-state index contributed by atoms with van der Waals surface area (Å²) >= 11 is 0. The van der Waals surface area contributed by atoms with Crippen molar-refractivity contribution < 1.29 is 31.6 Å². The van der Waals surface area contributed by atoms with Crippen LogP contribution in [0, 0.1) is 5.92 Å². The van der Waals surface area contributed by atoms with Crippen LogP contribution < -0.4 is 10.2 Å². The van der Waals surface area contributed by atoms with Crippen LogP contribution in [-0.2, 0) is 24.8 Å². The summed E-state index contributed by atoms with van der Waals surface area (Å²) in [7, 11) is -6.40. The van der Waals surface area contributed by atoms with Gasteiger partial charge in [0.2, 0.25) is 20.0 Å². The zero-order valence-corrected chi connectivity index (χ0v) is 18.4. The Morgan fingerprint density at radius 3 is 2.21 bits per heavy atom. The highest BCUT2D eigenvalue weighted by molar-refractivity contribution is 7.89. The second-order valence-electron chi connectivity index (χ2n) is 7.36.